The zero-order valence-electron chi connectivity index (χ0n) is 8.99. The second kappa shape index (κ2) is 4.49. The van der Waals surface area contributed by atoms with Gasteiger partial charge in [0.2, 0.25) is 0 Å². The number of rotatable bonds is 3. The Morgan fingerprint density at radius 3 is 2.80 bits per heavy atom. The molecule has 1 aromatic heterocycles. The van der Waals surface area contributed by atoms with Gasteiger partial charge in [0.1, 0.15) is 12.4 Å². The van der Waals surface area contributed by atoms with Crippen LogP contribution in [0.3, 0.4) is 0 Å². The molecule has 0 fully saturated rings. The van der Waals surface area contributed by atoms with Crippen LogP contribution in [-0.2, 0) is 6.61 Å². The van der Waals surface area contributed by atoms with Gasteiger partial charge < -0.3 is 4.74 Å². The Morgan fingerprint density at radius 2 is 2.07 bits per heavy atom. The highest BCUT2D eigenvalue weighted by molar-refractivity contribution is 7.09. The summed E-state index contributed by atoms with van der Waals surface area (Å²) < 4.78 is 5.77. The highest BCUT2D eigenvalue weighted by Gasteiger charge is 2.00. The van der Waals surface area contributed by atoms with Gasteiger partial charge >= 0.3 is 0 Å². The van der Waals surface area contributed by atoms with E-state index in [1.165, 1.54) is 16.0 Å². The average Bonchev–Trinajstić information content (AvgIpc) is 2.72. The zero-order chi connectivity index (χ0) is 10.7. The number of benzene rings is 1. The van der Waals surface area contributed by atoms with Crippen LogP contribution in [0.1, 0.15) is 16.0 Å². The predicted octanol–water partition coefficient (Wildman–Crippen LogP) is 3.94. The van der Waals surface area contributed by atoms with Gasteiger partial charge in [0.15, 0.2) is 0 Å². The lowest BCUT2D eigenvalue weighted by atomic mass is 10.1. The molecule has 0 saturated heterocycles. The molecule has 15 heavy (non-hydrogen) atoms. The molecule has 78 valence electrons. The quantitative estimate of drug-likeness (QED) is 0.758. The van der Waals surface area contributed by atoms with Gasteiger partial charge in [-0.05, 0) is 42.5 Å². The van der Waals surface area contributed by atoms with Gasteiger partial charge in [-0.3, -0.25) is 0 Å². The predicted molar refractivity (Wildman–Crippen MR) is 64.6 cm³/mol. The molecule has 1 heterocycles. The fourth-order valence-electron chi connectivity index (χ4n) is 1.41. The smallest absolute Gasteiger partial charge is 0.123 e. The van der Waals surface area contributed by atoms with Crippen molar-refractivity contribution in [2.24, 2.45) is 0 Å². The summed E-state index contributed by atoms with van der Waals surface area (Å²) in [5.74, 6) is 0.989. The van der Waals surface area contributed by atoms with Gasteiger partial charge in [-0.2, -0.15) is 0 Å². The highest BCUT2D eigenvalue weighted by atomic mass is 32.1. The summed E-state index contributed by atoms with van der Waals surface area (Å²) in [7, 11) is 0. The first-order valence-corrected chi connectivity index (χ1v) is 5.86. The van der Waals surface area contributed by atoms with Crippen molar-refractivity contribution in [2.75, 3.05) is 0 Å². The average molecular weight is 218 g/mol. The van der Waals surface area contributed by atoms with Gasteiger partial charge in [-0.15, -0.1) is 11.3 Å². The van der Waals surface area contributed by atoms with Crippen molar-refractivity contribution < 1.29 is 4.74 Å². The van der Waals surface area contributed by atoms with E-state index in [0.717, 1.165) is 5.75 Å². The maximum absolute atomic E-state index is 5.77. The molecule has 0 saturated carbocycles. The van der Waals surface area contributed by atoms with Crippen molar-refractivity contribution in [3.05, 3.63) is 51.7 Å². The normalized spacial score (nSPS) is 10.3. The molecule has 2 rings (SSSR count). The summed E-state index contributed by atoms with van der Waals surface area (Å²) in [5.41, 5.74) is 2.43. The fraction of sp³-hybridized carbons (Fsp3) is 0.231. The molecule has 0 aliphatic carbocycles. The van der Waals surface area contributed by atoms with Crippen LogP contribution in [0.4, 0.5) is 0 Å². The van der Waals surface area contributed by atoms with Gasteiger partial charge in [0, 0.05) is 4.88 Å². The first kappa shape index (κ1) is 10.2. The van der Waals surface area contributed by atoms with Crippen LogP contribution >= 0.6 is 11.3 Å². The van der Waals surface area contributed by atoms with Crippen molar-refractivity contribution in [3.63, 3.8) is 0 Å². The van der Waals surface area contributed by atoms with Crippen LogP contribution in [0.5, 0.6) is 5.75 Å². The van der Waals surface area contributed by atoms with Crippen molar-refractivity contribution in [1.29, 1.82) is 0 Å². The monoisotopic (exact) mass is 218 g/mol. The van der Waals surface area contributed by atoms with E-state index in [1.807, 2.05) is 6.07 Å². The minimum absolute atomic E-state index is 0.669. The van der Waals surface area contributed by atoms with Gasteiger partial charge in [-0.1, -0.05) is 18.2 Å². The van der Waals surface area contributed by atoms with E-state index in [-0.39, 0.29) is 0 Å². The lowest BCUT2D eigenvalue weighted by molar-refractivity contribution is 0.307. The molecule has 1 aromatic carbocycles. The van der Waals surface area contributed by atoms with E-state index in [9.17, 15) is 0 Å². The summed E-state index contributed by atoms with van der Waals surface area (Å²) in [6, 6.07) is 10.4. The minimum Gasteiger partial charge on any atom is -0.488 e. The molecule has 0 spiro atoms. The van der Waals surface area contributed by atoms with Gasteiger partial charge in [0.05, 0.1) is 0 Å². The number of thiophene rings is 1. The summed E-state index contributed by atoms with van der Waals surface area (Å²) >= 11 is 1.73. The first-order valence-electron chi connectivity index (χ1n) is 4.98. The Balaban J connectivity index is 2.07. The number of hydrogen-bond donors (Lipinski definition) is 0. The van der Waals surface area contributed by atoms with Crippen LogP contribution < -0.4 is 4.74 Å². The second-order valence-corrected chi connectivity index (χ2v) is 4.67. The highest BCUT2D eigenvalue weighted by Crippen LogP contribution is 2.21. The Labute approximate surface area is 94.3 Å². The van der Waals surface area contributed by atoms with Crippen molar-refractivity contribution >= 4 is 11.3 Å². The Hall–Kier alpha value is -1.28. The van der Waals surface area contributed by atoms with Crippen LogP contribution in [0.15, 0.2) is 35.7 Å². The van der Waals surface area contributed by atoms with E-state index in [1.54, 1.807) is 11.3 Å². The summed E-state index contributed by atoms with van der Waals surface area (Å²) in [6.45, 7) is 4.82. The zero-order valence-corrected chi connectivity index (χ0v) is 9.80. The molecule has 0 atom stereocenters. The molecular formula is C13H14OS. The van der Waals surface area contributed by atoms with E-state index in [2.05, 4.69) is 43.5 Å². The molecule has 0 N–H and O–H groups in total. The maximum Gasteiger partial charge on any atom is 0.123 e. The third kappa shape index (κ3) is 2.60. The van der Waals surface area contributed by atoms with Crippen molar-refractivity contribution in [2.45, 2.75) is 20.5 Å². The van der Waals surface area contributed by atoms with Gasteiger partial charge in [-0.25, -0.2) is 0 Å². The van der Waals surface area contributed by atoms with Gasteiger partial charge in [0.25, 0.3) is 0 Å². The topological polar surface area (TPSA) is 9.23 Å². The van der Waals surface area contributed by atoms with E-state index in [4.69, 9.17) is 4.74 Å². The Morgan fingerprint density at radius 1 is 1.20 bits per heavy atom. The third-order valence-corrected chi connectivity index (χ3v) is 3.14. The fourth-order valence-corrected chi connectivity index (χ4v) is 2.02. The number of aryl methyl sites for hydroxylation is 2. The van der Waals surface area contributed by atoms with E-state index in [0.29, 0.717) is 6.61 Å². The molecule has 0 aliphatic rings. The third-order valence-electron chi connectivity index (χ3n) is 2.29. The van der Waals surface area contributed by atoms with Crippen LogP contribution in [0, 0.1) is 13.8 Å². The largest absolute Gasteiger partial charge is 0.488 e. The molecule has 0 aliphatic heterocycles. The second-order valence-electron chi connectivity index (χ2n) is 3.64. The lowest BCUT2D eigenvalue weighted by Crippen LogP contribution is -1.95. The summed E-state index contributed by atoms with van der Waals surface area (Å²) in [4.78, 5) is 1.26. The molecule has 0 radical (unpaired) electrons. The van der Waals surface area contributed by atoms with Crippen LogP contribution in [-0.4, -0.2) is 0 Å². The summed E-state index contributed by atoms with van der Waals surface area (Å²) in [6.07, 6.45) is 0. The lowest BCUT2D eigenvalue weighted by Gasteiger charge is -2.08. The molecule has 0 unspecified atom stereocenters. The van der Waals surface area contributed by atoms with Crippen LogP contribution in [0.2, 0.25) is 0 Å². The molecule has 1 nitrogen and oxygen atoms in total. The molecule has 2 aromatic rings. The Kier molecular flexibility index (Phi) is 3.07. The molecule has 0 bridgehead atoms. The number of ether oxygens (including phenoxy) is 1. The molecular weight excluding hydrogens is 204 g/mol. The van der Waals surface area contributed by atoms with E-state index >= 15 is 0 Å². The Bertz CT molecular complexity index is 432. The summed E-state index contributed by atoms with van der Waals surface area (Å²) in [5, 5.41) is 2.07. The van der Waals surface area contributed by atoms with E-state index < -0.39 is 0 Å². The molecule has 2 heteroatoms. The number of hydrogen-bond acceptors (Lipinski definition) is 2. The van der Waals surface area contributed by atoms with Crippen molar-refractivity contribution in [3.8, 4) is 5.75 Å². The standard InChI is InChI=1S/C13H14OS/c1-10-5-6-11(2)13(8-10)14-9-12-4-3-7-15-12/h3-8H,9H2,1-2H3. The van der Waals surface area contributed by atoms with Crippen molar-refractivity contribution in [1.82, 2.24) is 0 Å². The van der Waals surface area contributed by atoms with Crippen LogP contribution in [0.25, 0.3) is 0 Å². The minimum atomic E-state index is 0.669. The SMILES string of the molecule is Cc1ccc(C)c(OCc2cccs2)c1. The maximum atomic E-state index is 5.77. The first-order chi connectivity index (χ1) is 7.25. The molecule has 0 amide bonds.